The van der Waals surface area contributed by atoms with E-state index in [1.807, 2.05) is 0 Å². The minimum absolute atomic E-state index is 0.342. The highest BCUT2D eigenvalue weighted by molar-refractivity contribution is 5.66. The first-order valence-corrected chi connectivity index (χ1v) is 19.5. The van der Waals surface area contributed by atoms with Crippen molar-refractivity contribution >= 4 is 12.0 Å². The molecule has 0 bridgehead atoms. The Morgan fingerprint density at radius 3 is 0.721 bits per heavy atom. The molecule has 4 heteroatoms. The van der Waals surface area contributed by atoms with Gasteiger partial charge in [0, 0.05) is 6.42 Å². The SMILES string of the molecule is O=C=NCCCCCCCCCCCCCCCCCCCCCCCCCCCCCCCCCCCCCC(=O)O. The van der Waals surface area contributed by atoms with Crippen molar-refractivity contribution in [1.82, 2.24) is 0 Å². The average molecular weight is 606 g/mol. The number of carbonyl (C=O) groups is 1. The van der Waals surface area contributed by atoms with Gasteiger partial charge in [-0.3, -0.25) is 4.79 Å². The molecule has 0 aromatic carbocycles. The van der Waals surface area contributed by atoms with Gasteiger partial charge in [-0.25, -0.2) is 9.79 Å². The number of nitrogens with zero attached hydrogens (tertiary/aromatic N) is 1. The van der Waals surface area contributed by atoms with Gasteiger partial charge in [0.1, 0.15) is 0 Å². The Bertz CT molecular complexity index is 551. The fraction of sp³-hybridized carbons (Fsp3) is 0.949. The van der Waals surface area contributed by atoms with Gasteiger partial charge in [0.15, 0.2) is 0 Å². The molecule has 0 aromatic rings. The second-order valence-electron chi connectivity index (χ2n) is 13.5. The van der Waals surface area contributed by atoms with Gasteiger partial charge in [0.05, 0.1) is 6.54 Å². The van der Waals surface area contributed by atoms with Crippen LogP contribution < -0.4 is 0 Å². The van der Waals surface area contributed by atoms with Gasteiger partial charge >= 0.3 is 5.97 Å². The third-order valence-electron chi connectivity index (χ3n) is 9.23. The summed E-state index contributed by atoms with van der Waals surface area (Å²) in [5.74, 6) is -0.651. The highest BCUT2D eigenvalue weighted by Crippen LogP contribution is 2.17. The van der Waals surface area contributed by atoms with E-state index < -0.39 is 5.97 Å². The summed E-state index contributed by atoms with van der Waals surface area (Å²) >= 11 is 0. The molecule has 0 fully saturated rings. The zero-order chi connectivity index (χ0) is 31.2. The van der Waals surface area contributed by atoms with Crippen LogP contribution in [0.1, 0.15) is 231 Å². The zero-order valence-electron chi connectivity index (χ0n) is 28.9. The number of carboxylic acids is 1. The number of isocyanates is 1. The molecule has 0 rings (SSSR count). The van der Waals surface area contributed by atoms with Gasteiger partial charge in [0.25, 0.3) is 0 Å². The molecule has 1 N–H and O–H groups in total. The molecule has 43 heavy (non-hydrogen) atoms. The van der Waals surface area contributed by atoms with Crippen LogP contribution in [0.2, 0.25) is 0 Å². The van der Waals surface area contributed by atoms with Gasteiger partial charge in [-0.1, -0.05) is 212 Å². The van der Waals surface area contributed by atoms with Gasteiger partial charge in [-0.15, -0.1) is 0 Å². The van der Waals surface area contributed by atoms with Crippen LogP contribution >= 0.6 is 0 Å². The molecule has 0 unspecified atom stereocenters. The fourth-order valence-electron chi connectivity index (χ4n) is 6.35. The highest BCUT2D eigenvalue weighted by atomic mass is 16.4. The maximum atomic E-state index is 10.5. The van der Waals surface area contributed by atoms with E-state index in [4.69, 9.17) is 5.11 Å². The smallest absolute Gasteiger partial charge is 0.303 e. The molecule has 0 aliphatic carbocycles. The monoisotopic (exact) mass is 606 g/mol. The summed E-state index contributed by atoms with van der Waals surface area (Å²) in [5, 5.41) is 8.64. The lowest BCUT2D eigenvalue weighted by molar-refractivity contribution is -0.137. The molecule has 0 saturated heterocycles. The molecule has 0 saturated carbocycles. The van der Waals surface area contributed by atoms with Crippen LogP contribution in [-0.2, 0) is 9.59 Å². The van der Waals surface area contributed by atoms with E-state index in [1.165, 1.54) is 205 Å². The molecule has 0 heterocycles. The van der Waals surface area contributed by atoms with Crippen molar-refractivity contribution < 1.29 is 14.7 Å². The topological polar surface area (TPSA) is 66.7 Å². The van der Waals surface area contributed by atoms with Gasteiger partial charge in [-0.2, -0.15) is 0 Å². The van der Waals surface area contributed by atoms with Crippen LogP contribution in [0.5, 0.6) is 0 Å². The van der Waals surface area contributed by atoms with E-state index in [0.717, 1.165) is 19.3 Å². The predicted molar refractivity (Wildman–Crippen MR) is 187 cm³/mol. The summed E-state index contributed by atoms with van der Waals surface area (Å²) < 4.78 is 0. The molecule has 0 aromatic heterocycles. The summed E-state index contributed by atoms with van der Waals surface area (Å²) in [6.45, 7) is 0.663. The molecule has 0 spiro atoms. The van der Waals surface area contributed by atoms with Crippen LogP contribution in [0.4, 0.5) is 0 Å². The Morgan fingerprint density at radius 2 is 0.535 bits per heavy atom. The maximum absolute atomic E-state index is 10.5. The van der Waals surface area contributed by atoms with Crippen molar-refractivity contribution in [2.75, 3.05) is 6.54 Å². The first kappa shape index (κ1) is 41.9. The molecule has 4 nitrogen and oxygen atoms in total. The fourth-order valence-corrected chi connectivity index (χ4v) is 6.35. The Labute approximate surface area is 269 Å². The van der Waals surface area contributed by atoms with Crippen molar-refractivity contribution in [1.29, 1.82) is 0 Å². The lowest BCUT2D eigenvalue weighted by Crippen LogP contribution is -1.93. The molecular formula is C39H75NO3. The second kappa shape index (κ2) is 38.9. The molecule has 0 radical (unpaired) electrons. The summed E-state index contributed by atoms with van der Waals surface area (Å²) in [5.41, 5.74) is 0. The largest absolute Gasteiger partial charge is 0.481 e. The molecule has 0 aliphatic heterocycles. The van der Waals surface area contributed by atoms with Crippen molar-refractivity contribution in [2.45, 2.75) is 231 Å². The van der Waals surface area contributed by atoms with E-state index in [9.17, 15) is 9.59 Å². The quantitative estimate of drug-likeness (QED) is 0.0432. The molecule has 0 atom stereocenters. The minimum atomic E-state index is -0.651. The van der Waals surface area contributed by atoms with E-state index >= 15 is 0 Å². The van der Waals surface area contributed by atoms with Crippen LogP contribution in [0.3, 0.4) is 0 Å². The normalized spacial score (nSPS) is 11.2. The summed E-state index contributed by atoms with van der Waals surface area (Å²) in [6.07, 6.45) is 49.9. The number of carboxylic acid groups (broad SMARTS) is 1. The van der Waals surface area contributed by atoms with Crippen LogP contribution in [-0.4, -0.2) is 23.7 Å². The highest BCUT2D eigenvalue weighted by Gasteiger charge is 1.99. The molecule has 0 aliphatic rings. The van der Waals surface area contributed by atoms with Crippen molar-refractivity contribution in [2.24, 2.45) is 4.99 Å². The van der Waals surface area contributed by atoms with Crippen molar-refractivity contribution in [3.8, 4) is 0 Å². The average Bonchev–Trinajstić information content (AvgIpc) is 3.00. The van der Waals surface area contributed by atoms with Gasteiger partial charge < -0.3 is 5.11 Å². The first-order chi connectivity index (χ1) is 21.3. The predicted octanol–water partition coefficient (Wildman–Crippen LogP) is 13.5. The summed E-state index contributed by atoms with van der Waals surface area (Å²) in [7, 11) is 0. The zero-order valence-corrected chi connectivity index (χ0v) is 28.9. The van der Waals surface area contributed by atoms with Gasteiger partial charge in [0.2, 0.25) is 6.08 Å². The third kappa shape index (κ3) is 40.9. The van der Waals surface area contributed by atoms with Crippen molar-refractivity contribution in [3.63, 3.8) is 0 Å². The Hall–Kier alpha value is -1.15. The molecule has 254 valence electrons. The number of aliphatic imine (C=N–C) groups is 1. The van der Waals surface area contributed by atoms with Crippen LogP contribution in [0.25, 0.3) is 0 Å². The number of aliphatic carboxylic acids is 1. The van der Waals surface area contributed by atoms with E-state index in [0.29, 0.717) is 13.0 Å². The lowest BCUT2D eigenvalue weighted by Gasteiger charge is -2.05. The second-order valence-corrected chi connectivity index (χ2v) is 13.5. The number of hydrogen-bond donors (Lipinski definition) is 1. The minimum Gasteiger partial charge on any atom is -0.481 e. The number of carbonyl (C=O) groups excluding carboxylic acids is 1. The Balaban J connectivity index is 3.04. The van der Waals surface area contributed by atoms with Crippen molar-refractivity contribution in [3.05, 3.63) is 0 Å². The third-order valence-corrected chi connectivity index (χ3v) is 9.23. The first-order valence-electron chi connectivity index (χ1n) is 19.5. The molecule has 0 amide bonds. The van der Waals surface area contributed by atoms with Crippen LogP contribution in [0, 0.1) is 0 Å². The van der Waals surface area contributed by atoms with E-state index in [-0.39, 0.29) is 0 Å². The van der Waals surface area contributed by atoms with E-state index in [2.05, 4.69) is 4.99 Å². The number of hydrogen-bond acceptors (Lipinski definition) is 3. The Morgan fingerprint density at radius 1 is 0.349 bits per heavy atom. The summed E-state index contributed by atoms with van der Waals surface area (Å²) in [6, 6.07) is 0. The lowest BCUT2D eigenvalue weighted by atomic mass is 10.0. The summed E-state index contributed by atoms with van der Waals surface area (Å²) in [4.78, 5) is 24.1. The number of unbranched alkanes of at least 4 members (excludes halogenated alkanes) is 34. The Kier molecular flexibility index (Phi) is 37.8. The standard InChI is InChI=1S/C39H75NO3/c41-38-40-37-35-33-31-29-27-25-23-21-19-17-15-13-11-9-7-5-3-1-2-4-6-8-10-12-14-16-18-20-22-24-26-28-30-32-34-36-39(42)43/h1-37H2,(H,42,43). The maximum Gasteiger partial charge on any atom is 0.303 e. The van der Waals surface area contributed by atoms with Crippen LogP contribution in [0.15, 0.2) is 4.99 Å². The van der Waals surface area contributed by atoms with Gasteiger partial charge in [-0.05, 0) is 12.8 Å². The molecular weight excluding hydrogens is 530 g/mol. The number of rotatable bonds is 38. The van der Waals surface area contributed by atoms with E-state index in [1.54, 1.807) is 6.08 Å².